The lowest BCUT2D eigenvalue weighted by Crippen LogP contribution is -2.49. The monoisotopic (exact) mass is 230 g/mol. The molecule has 1 N–H and O–H groups in total. The SMILES string of the molecule is Fc1cccc(N2NN=[C]N2n2cccc2)c1. The van der Waals surface area contributed by atoms with Crippen LogP contribution in [0.25, 0.3) is 0 Å². The van der Waals surface area contributed by atoms with Crippen LogP contribution in [0.15, 0.2) is 53.9 Å². The van der Waals surface area contributed by atoms with Gasteiger partial charge in [0.25, 0.3) is 0 Å². The van der Waals surface area contributed by atoms with Gasteiger partial charge in [-0.15, -0.1) is 10.2 Å². The van der Waals surface area contributed by atoms with Gasteiger partial charge in [0.1, 0.15) is 5.82 Å². The Labute approximate surface area is 97.3 Å². The van der Waals surface area contributed by atoms with Crippen LogP contribution >= 0.6 is 0 Å². The molecule has 0 saturated heterocycles. The number of rotatable bonds is 2. The second-order valence-electron chi connectivity index (χ2n) is 3.46. The number of hydrazine groups is 2. The van der Waals surface area contributed by atoms with E-state index in [0.717, 1.165) is 0 Å². The lowest BCUT2D eigenvalue weighted by Gasteiger charge is -2.27. The Kier molecular flexibility index (Phi) is 2.18. The molecule has 2 heterocycles. The number of benzene rings is 1. The first-order chi connectivity index (χ1) is 8.34. The van der Waals surface area contributed by atoms with E-state index in [-0.39, 0.29) is 5.82 Å². The Bertz CT molecular complexity index is 537. The summed E-state index contributed by atoms with van der Waals surface area (Å²) in [7, 11) is 0. The van der Waals surface area contributed by atoms with E-state index >= 15 is 0 Å². The predicted molar refractivity (Wildman–Crippen MR) is 62.1 cm³/mol. The Hall–Kier alpha value is -2.50. The van der Waals surface area contributed by atoms with Crippen molar-refractivity contribution in [3.63, 3.8) is 0 Å². The van der Waals surface area contributed by atoms with Crippen molar-refractivity contribution >= 4 is 12.0 Å². The molecule has 0 aliphatic carbocycles. The molecule has 0 amide bonds. The molecule has 85 valence electrons. The quantitative estimate of drug-likeness (QED) is 0.845. The number of hydrazone groups is 1. The van der Waals surface area contributed by atoms with E-state index in [1.54, 1.807) is 27.0 Å². The van der Waals surface area contributed by atoms with E-state index in [4.69, 9.17) is 0 Å². The number of nitrogens with one attached hydrogen (secondary N) is 1. The van der Waals surface area contributed by atoms with Crippen LogP contribution in [0.3, 0.4) is 0 Å². The zero-order chi connectivity index (χ0) is 11.7. The fourth-order valence-corrected chi connectivity index (χ4v) is 1.58. The molecule has 1 aromatic carbocycles. The summed E-state index contributed by atoms with van der Waals surface area (Å²) in [4.78, 5) is 0. The normalized spacial score (nSPS) is 14.2. The van der Waals surface area contributed by atoms with Crippen molar-refractivity contribution in [3.05, 3.63) is 54.6 Å². The highest BCUT2D eigenvalue weighted by atomic mass is 19.1. The van der Waals surface area contributed by atoms with Gasteiger partial charge >= 0.3 is 0 Å². The first-order valence-corrected chi connectivity index (χ1v) is 5.04. The maximum atomic E-state index is 13.2. The van der Waals surface area contributed by atoms with Gasteiger partial charge < -0.3 is 0 Å². The maximum Gasteiger partial charge on any atom is 0.241 e. The van der Waals surface area contributed by atoms with Crippen LogP contribution in [0, 0.1) is 5.82 Å². The van der Waals surface area contributed by atoms with Crippen molar-refractivity contribution < 1.29 is 4.39 Å². The smallest absolute Gasteiger partial charge is 0.241 e. The first-order valence-electron chi connectivity index (χ1n) is 5.04. The highest BCUT2D eigenvalue weighted by Crippen LogP contribution is 2.16. The van der Waals surface area contributed by atoms with Crippen LogP contribution in [0.1, 0.15) is 0 Å². The Balaban J connectivity index is 1.94. The highest BCUT2D eigenvalue weighted by molar-refractivity contribution is 5.74. The van der Waals surface area contributed by atoms with E-state index in [1.807, 2.05) is 24.5 Å². The predicted octanol–water partition coefficient (Wildman–Crippen LogP) is 1.33. The fraction of sp³-hybridized carbons (Fsp3) is 0. The summed E-state index contributed by atoms with van der Waals surface area (Å²) in [5.41, 5.74) is 3.36. The van der Waals surface area contributed by atoms with Crippen LogP contribution in [0.4, 0.5) is 10.1 Å². The van der Waals surface area contributed by atoms with Crippen LogP contribution in [0.5, 0.6) is 0 Å². The summed E-state index contributed by atoms with van der Waals surface area (Å²) >= 11 is 0. The molecule has 0 atom stereocenters. The molecule has 17 heavy (non-hydrogen) atoms. The third kappa shape index (κ3) is 1.69. The number of anilines is 1. The summed E-state index contributed by atoms with van der Waals surface area (Å²) in [5, 5.41) is 6.98. The number of aromatic nitrogens is 1. The van der Waals surface area contributed by atoms with Gasteiger partial charge in [-0.1, -0.05) is 6.07 Å². The van der Waals surface area contributed by atoms with Crippen molar-refractivity contribution in [2.75, 3.05) is 10.2 Å². The zero-order valence-corrected chi connectivity index (χ0v) is 8.79. The molecule has 1 aliphatic rings. The highest BCUT2D eigenvalue weighted by Gasteiger charge is 2.20. The number of nitrogens with zero attached hydrogens (tertiary/aromatic N) is 4. The average molecular weight is 230 g/mol. The molecule has 1 radical (unpaired) electrons. The summed E-state index contributed by atoms with van der Waals surface area (Å²) in [6.07, 6.45) is 6.41. The molecule has 3 rings (SSSR count). The average Bonchev–Trinajstić information content (AvgIpc) is 3.00. The topological polar surface area (TPSA) is 35.8 Å². The van der Waals surface area contributed by atoms with Crippen molar-refractivity contribution in [3.8, 4) is 0 Å². The van der Waals surface area contributed by atoms with Gasteiger partial charge in [-0.2, -0.15) is 10.7 Å². The van der Waals surface area contributed by atoms with Gasteiger partial charge in [0.05, 0.1) is 5.69 Å². The van der Waals surface area contributed by atoms with Gasteiger partial charge in [-0.05, 0) is 24.3 Å². The molecule has 1 aromatic heterocycles. The van der Waals surface area contributed by atoms with Gasteiger partial charge in [0.15, 0.2) is 0 Å². The first kappa shape index (κ1) is 9.71. The molecule has 6 heteroatoms. The van der Waals surface area contributed by atoms with E-state index in [9.17, 15) is 4.39 Å². The Morgan fingerprint density at radius 2 is 2.00 bits per heavy atom. The van der Waals surface area contributed by atoms with E-state index in [1.165, 1.54) is 12.1 Å². The minimum absolute atomic E-state index is 0.302. The van der Waals surface area contributed by atoms with Crippen LogP contribution in [-0.4, -0.2) is 11.0 Å². The van der Waals surface area contributed by atoms with E-state index in [0.29, 0.717) is 5.69 Å². The molecule has 0 unspecified atom stereocenters. The number of halogens is 1. The molecule has 0 fully saturated rings. The molecule has 5 nitrogen and oxygen atoms in total. The molecule has 0 bridgehead atoms. The summed E-state index contributed by atoms with van der Waals surface area (Å²) in [5.74, 6) is -0.302. The minimum Gasteiger partial charge on any atom is -0.246 e. The van der Waals surface area contributed by atoms with E-state index < -0.39 is 0 Å². The maximum absolute atomic E-state index is 13.2. The third-order valence-corrected chi connectivity index (χ3v) is 2.33. The Morgan fingerprint density at radius 1 is 1.18 bits per heavy atom. The van der Waals surface area contributed by atoms with Gasteiger partial charge in [0.2, 0.25) is 6.34 Å². The van der Waals surface area contributed by atoms with Crippen molar-refractivity contribution in [1.29, 1.82) is 0 Å². The summed E-state index contributed by atoms with van der Waals surface area (Å²) < 4.78 is 14.9. The lowest BCUT2D eigenvalue weighted by atomic mass is 10.3. The summed E-state index contributed by atoms with van der Waals surface area (Å²) in [6, 6.07) is 9.97. The zero-order valence-electron chi connectivity index (χ0n) is 8.79. The van der Waals surface area contributed by atoms with Crippen LogP contribution < -0.4 is 15.8 Å². The molecule has 0 spiro atoms. The fourth-order valence-electron chi connectivity index (χ4n) is 1.58. The second kappa shape index (κ2) is 3.82. The molecular weight excluding hydrogens is 221 g/mol. The Morgan fingerprint density at radius 3 is 2.76 bits per heavy atom. The number of hydrogen-bond donors (Lipinski definition) is 1. The summed E-state index contributed by atoms with van der Waals surface area (Å²) in [6.45, 7) is 0. The third-order valence-electron chi connectivity index (χ3n) is 2.33. The molecular formula is C11H9FN5. The van der Waals surface area contributed by atoms with Crippen molar-refractivity contribution in [2.45, 2.75) is 0 Å². The van der Waals surface area contributed by atoms with Gasteiger partial charge in [-0.25, -0.2) is 9.07 Å². The van der Waals surface area contributed by atoms with Crippen molar-refractivity contribution in [1.82, 2.24) is 10.2 Å². The van der Waals surface area contributed by atoms with Crippen LogP contribution in [0.2, 0.25) is 0 Å². The molecule has 2 aromatic rings. The van der Waals surface area contributed by atoms with E-state index in [2.05, 4.69) is 17.0 Å². The lowest BCUT2D eigenvalue weighted by molar-refractivity contribution is 0.606. The second-order valence-corrected chi connectivity index (χ2v) is 3.46. The molecule has 1 aliphatic heterocycles. The van der Waals surface area contributed by atoms with Gasteiger partial charge in [-0.3, -0.25) is 0 Å². The molecule has 0 saturated carbocycles. The van der Waals surface area contributed by atoms with Gasteiger partial charge in [0, 0.05) is 18.5 Å². The largest absolute Gasteiger partial charge is 0.246 e. The number of hydrogen-bond acceptors (Lipinski definition) is 4. The minimum atomic E-state index is -0.302. The van der Waals surface area contributed by atoms with Crippen LogP contribution in [-0.2, 0) is 0 Å². The standard InChI is InChI=1S/C11H9FN5/c12-10-4-3-5-11(8-10)17-14-13-9-16(17)15-6-1-2-7-15/h1-8,14H. The van der Waals surface area contributed by atoms with Crippen molar-refractivity contribution in [2.24, 2.45) is 5.10 Å².